The molecule has 2 aromatic carbocycles. The molecule has 0 saturated carbocycles. The van der Waals surface area contributed by atoms with Gasteiger partial charge in [0.2, 0.25) is 0 Å². The van der Waals surface area contributed by atoms with Crippen LogP contribution in [-0.2, 0) is 0 Å². The molecule has 1 heterocycles. The van der Waals surface area contributed by atoms with Gasteiger partial charge in [0.25, 0.3) is 5.69 Å². The van der Waals surface area contributed by atoms with Gasteiger partial charge in [-0.1, -0.05) is 11.3 Å². The molecule has 3 rings (SSSR count). The Hall–Kier alpha value is -3.22. The van der Waals surface area contributed by atoms with Crippen molar-refractivity contribution in [1.82, 2.24) is 15.0 Å². The average Bonchev–Trinajstić information content (AvgIpc) is 2.99. The highest BCUT2D eigenvalue weighted by Crippen LogP contribution is 2.22. The van der Waals surface area contributed by atoms with E-state index in [4.69, 9.17) is 5.73 Å². The molecule has 7 heteroatoms. The summed E-state index contributed by atoms with van der Waals surface area (Å²) in [6.45, 7) is 1.96. The fourth-order valence-electron chi connectivity index (χ4n) is 2.14. The maximum absolute atomic E-state index is 10.7. The lowest BCUT2D eigenvalue weighted by molar-refractivity contribution is -0.384. The number of nitro groups is 1. The number of hydrogen-bond acceptors (Lipinski definition) is 5. The number of rotatable bonds is 3. The smallest absolute Gasteiger partial charge is 0.269 e. The lowest BCUT2D eigenvalue weighted by Crippen LogP contribution is -1.99. The number of nitrogens with two attached hydrogens (primary N) is 1. The minimum Gasteiger partial charge on any atom is -0.399 e. The third-order valence-electron chi connectivity index (χ3n) is 3.35. The number of nitrogen functional groups attached to an aromatic ring is 1. The molecule has 0 amide bonds. The molecule has 22 heavy (non-hydrogen) atoms. The molecule has 0 aliphatic heterocycles. The molecule has 2 N–H and O–H groups in total. The number of nitro benzene ring substituents is 1. The molecule has 3 aromatic rings. The van der Waals surface area contributed by atoms with Crippen molar-refractivity contribution in [3.63, 3.8) is 0 Å². The van der Waals surface area contributed by atoms with Crippen molar-refractivity contribution >= 4 is 11.4 Å². The van der Waals surface area contributed by atoms with Crippen molar-refractivity contribution in [2.24, 2.45) is 0 Å². The zero-order chi connectivity index (χ0) is 15.7. The van der Waals surface area contributed by atoms with E-state index in [1.165, 1.54) is 12.1 Å². The van der Waals surface area contributed by atoms with Gasteiger partial charge in [0.05, 0.1) is 16.8 Å². The summed E-state index contributed by atoms with van der Waals surface area (Å²) in [5.74, 6) is 0. The third-order valence-corrected chi connectivity index (χ3v) is 3.35. The van der Waals surface area contributed by atoms with E-state index >= 15 is 0 Å². The molecule has 0 spiro atoms. The minimum atomic E-state index is -0.434. The summed E-state index contributed by atoms with van der Waals surface area (Å²) >= 11 is 0. The fraction of sp³-hybridized carbons (Fsp3) is 0.0667. The van der Waals surface area contributed by atoms with E-state index in [1.807, 2.05) is 25.1 Å². The van der Waals surface area contributed by atoms with E-state index in [-0.39, 0.29) is 5.69 Å². The Morgan fingerprint density at radius 1 is 1.18 bits per heavy atom. The first-order valence-corrected chi connectivity index (χ1v) is 6.58. The summed E-state index contributed by atoms with van der Waals surface area (Å²) in [4.78, 5) is 10.2. The number of aryl methyl sites for hydroxylation is 1. The Bertz CT molecular complexity index is 839. The van der Waals surface area contributed by atoms with Crippen LogP contribution in [0.5, 0.6) is 0 Å². The SMILES string of the molecule is Cc1ccc(N)cc1-n1cc(-c2ccc([N+](=O)[O-])cc2)nn1. The number of anilines is 1. The molecule has 0 aliphatic rings. The summed E-state index contributed by atoms with van der Waals surface area (Å²) in [5.41, 5.74) is 9.76. The van der Waals surface area contributed by atoms with Gasteiger partial charge in [-0.05, 0) is 36.8 Å². The number of nitrogens with zero attached hydrogens (tertiary/aromatic N) is 4. The lowest BCUT2D eigenvalue weighted by Gasteiger charge is -2.05. The standard InChI is InChI=1S/C15H13N5O2/c1-10-2-5-12(16)8-15(10)19-9-14(17-18-19)11-3-6-13(7-4-11)20(21)22/h2-9H,16H2,1H3. The van der Waals surface area contributed by atoms with Gasteiger partial charge >= 0.3 is 0 Å². The predicted octanol–water partition coefficient (Wildman–Crippen LogP) is 2.73. The van der Waals surface area contributed by atoms with Crippen molar-refractivity contribution in [2.45, 2.75) is 6.92 Å². The first-order valence-electron chi connectivity index (χ1n) is 6.58. The van der Waals surface area contributed by atoms with Gasteiger partial charge in [-0.25, -0.2) is 4.68 Å². The van der Waals surface area contributed by atoms with Crippen LogP contribution in [0.15, 0.2) is 48.7 Å². The topological polar surface area (TPSA) is 99.9 Å². The van der Waals surface area contributed by atoms with Crippen LogP contribution in [0.4, 0.5) is 11.4 Å². The average molecular weight is 295 g/mol. The second-order valence-corrected chi connectivity index (χ2v) is 4.90. The summed E-state index contributed by atoms with van der Waals surface area (Å²) < 4.78 is 1.64. The summed E-state index contributed by atoms with van der Waals surface area (Å²) in [6.07, 6.45) is 1.77. The molecule has 0 unspecified atom stereocenters. The van der Waals surface area contributed by atoms with Crippen LogP contribution in [0, 0.1) is 17.0 Å². The van der Waals surface area contributed by atoms with E-state index < -0.39 is 4.92 Å². The Kier molecular flexibility index (Phi) is 3.30. The highest BCUT2D eigenvalue weighted by atomic mass is 16.6. The Morgan fingerprint density at radius 3 is 2.59 bits per heavy atom. The maximum Gasteiger partial charge on any atom is 0.269 e. The number of aromatic nitrogens is 3. The summed E-state index contributed by atoms with van der Waals surface area (Å²) in [7, 11) is 0. The molecule has 1 aromatic heterocycles. The van der Waals surface area contributed by atoms with Crippen molar-refractivity contribution < 1.29 is 4.92 Å². The van der Waals surface area contributed by atoms with Crippen molar-refractivity contribution in [3.05, 3.63) is 64.3 Å². The van der Waals surface area contributed by atoms with E-state index in [2.05, 4.69) is 10.3 Å². The molecule has 0 bridgehead atoms. The summed E-state index contributed by atoms with van der Waals surface area (Å²) in [6, 6.07) is 11.8. The number of non-ortho nitro benzene ring substituents is 1. The summed E-state index contributed by atoms with van der Waals surface area (Å²) in [5, 5.41) is 18.9. The van der Waals surface area contributed by atoms with Gasteiger partial charge in [-0.15, -0.1) is 5.10 Å². The van der Waals surface area contributed by atoms with Crippen molar-refractivity contribution in [2.75, 3.05) is 5.73 Å². The second kappa shape index (κ2) is 5.28. The first-order chi connectivity index (χ1) is 10.5. The molecule has 0 radical (unpaired) electrons. The lowest BCUT2D eigenvalue weighted by atomic mass is 10.1. The van der Waals surface area contributed by atoms with Gasteiger partial charge in [0, 0.05) is 23.4 Å². The normalized spacial score (nSPS) is 10.6. The second-order valence-electron chi connectivity index (χ2n) is 4.90. The molecule has 0 atom stereocenters. The number of hydrogen-bond donors (Lipinski definition) is 1. The van der Waals surface area contributed by atoms with Crippen LogP contribution in [0.3, 0.4) is 0 Å². The molecular weight excluding hydrogens is 282 g/mol. The van der Waals surface area contributed by atoms with E-state index in [0.717, 1.165) is 16.8 Å². The van der Waals surface area contributed by atoms with Crippen LogP contribution < -0.4 is 5.73 Å². The fourth-order valence-corrected chi connectivity index (χ4v) is 2.14. The molecule has 7 nitrogen and oxygen atoms in total. The van der Waals surface area contributed by atoms with E-state index in [9.17, 15) is 10.1 Å². The zero-order valence-electron chi connectivity index (χ0n) is 11.8. The van der Waals surface area contributed by atoms with Crippen LogP contribution in [-0.4, -0.2) is 19.9 Å². The highest BCUT2D eigenvalue weighted by molar-refractivity contribution is 5.61. The van der Waals surface area contributed by atoms with Gasteiger partial charge in [0.15, 0.2) is 0 Å². The monoisotopic (exact) mass is 295 g/mol. The molecule has 0 aliphatic carbocycles. The quantitative estimate of drug-likeness (QED) is 0.455. The molecule has 110 valence electrons. The Labute approximate surface area is 126 Å². The first kappa shape index (κ1) is 13.7. The van der Waals surface area contributed by atoms with Gasteiger partial charge < -0.3 is 5.73 Å². The van der Waals surface area contributed by atoms with Crippen LogP contribution in [0.1, 0.15) is 5.56 Å². The van der Waals surface area contributed by atoms with Crippen LogP contribution in [0.25, 0.3) is 16.9 Å². The maximum atomic E-state index is 10.7. The van der Waals surface area contributed by atoms with E-state index in [1.54, 1.807) is 23.0 Å². The van der Waals surface area contributed by atoms with Gasteiger partial charge in [-0.2, -0.15) is 0 Å². The van der Waals surface area contributed by atoms with E-state index in [0.29, 0.717) is 11.4 Å². The molecule has 0 fully saturated rings. The minimum absolute atomic E-state index is 0.0443. The van der Waals surface area contributed by atoms with Crippen LogP contribution >= 0.6 is 0 Å². The van der Waals surface area contributed by atoms with Gasteiger partial charge in [-0.3, -0.25) is 10.1 Å². The third kappa shape index (κ3) is 2.51. The Morgan fingerprint density at radius 2 is 1.91 bits per heavy atom. The highest BCUT2D eigenvalue weighted by Gasteiger charge is 2.10. The largest absolute Gasteiger partial charge is 0.399 e. The van der Waals surface area contributed by atoms with Gasteiger partial charge in [0.1, 0.15) is 5.69 Å². The number of benzene rings is 2. The Balaban J connectivity index is 1.96. The van der Waals surface area contributed by atoms with Crippen LogP contribution in [0.2, 0.25) is 0 Å². The zero-order valence-corrected chi connectivity index (χ0v) is 11.8. The van der Waals surface area contributed by atoms with Crippen molar-refractivity contribution in [1.29, 1.82) is 0 Å². The molecular formula is C15H13N5O2. The predicted molar refractivity (Wildman–Crippen MR) is 82.6 cm³/mol. The molecule has 0 saturated heterocycles. The van der Waals surface area contributed by atoms with Crippen molar-refractivity contribution in [3.8, 4) is 16.9 Å².